The summed E-state index contributed by atoms with van der Waals surface area (Å²) in [5.41, 5.74) is 5.33. The quantitative estimate of drug-likeness (QED) is 0.863. The molecule has 0 aromatic carbocycles. The number of aromatic nitrogens is 3. The van der Waals surface area contributed by atoms with Crippen molar-refractivity contribution in [2.24, 2.45) is 0 Å². The summed E-state index contributed by atoms with van der Waals surface area (Å²) in [5, 5.41) is 0.952. The van der Waals surface area contributed by atoms with Crippen LogP contribution in [0.15, 0.2) is 34.4 Å². The summed E-state index contributed by atoms with van der Waals surface area (Å²) in [4.78, 5) is 10.5. The van der Waals surface area contributed by atoms with E-state index in [0.29, 0.717) is 10.0 Å². The molecule has 4 nitrogen and oxygen atoms in total. The van der Waals surface area contributed by atoms with Crippen LogP contribution in [-0.2, 0) is 6.18 Å². The summed E-state index contributed by atoms with van der Waals surface area (Å²) in [5.74, 6) is -1.53. The number of halogens is 4. The smallest absolute Gasteiger partial charge is 0.384 e. The normalized spacial score (nSPS) is 11.6. The largest absolute Gasteiger partial charge is 0.451 e. The van der Waals surface area contributed by atoms with Crippen LogP contribution in [0, 0.1) is 0 Å². The second-order valence-electron chi connectivity index (χ2n) is 3.37. The predicted octanol–water partition coefficient (Wildman–Crippen LogP) is 3.28. The zero-order valence-corrected chi connectivity index (χ0v) is 10.7. The molecule has 2 N–H and O–H groups in total. The summed E-state index contributed by atoms with van der Waals surface area (Å²) >= 11 is 6.60. The maximum absolute atomic E-state index is 12.5. The van der Waals surface area contributed by atoms with Crippen molar-refractivity contribution >= 4 is 29.2 Å². The van der Waals surface area contributed by atoms with E-state index in [1.807, 2.05) is 0 Å². The Balaban J connectivity index is 2.30. The van der Waals surface area contributed by atoms with Crippen LogP contribution in [0.2, 0.25) is 5.02 Å². The third-order valence-electron chi connectivity index (χ3n) is 1.89. The number of hydrogen-bond donors (Lipinski definition) is 1. The van der Waals surface area contributed by atoms with Gasteiger partial charge in [0.25, 0.3) is 0 Å². The minimum Gasteiger partial charge on any atom is -0.384 e. The molecular formula is C10H6ClF3N4S. The van der Waals surface area contributed by atoms with Gasteiger partial charge >= 0.3 is 6.18 Å². The first-order valence-corrected chi connectivity index (χ1v) is 6.05. The zero-order chi connectivity index (χ0) is 14.0. The highest BCUT2D eigenvalue weighted by molar-refractivity contribution is 7.99. The van der Waals surface area contributed by atoms with Crippen molar-refractivity contribution < 1.29 is 13.2 Å². The molecular weight excluding hydrogens is 301 g/mol. The van der Waals surface area contributed by atoms with Crippen LogP contribution < -0.4 is 5.73 Å². The van der Waals surface area contributed by atoms with Crippen LogP contribution in [0.5, 0.6) is 0 Å². The second-order valence-corrected chi connectivity index (χ2v) is 4.85. The Hall–Kier alpha value is -1.54. The van der Waals surface area contributed by atoms with Crippen molar-refractivity contribution in [2.45, 2.75) is 16.2 Å². The Bertz CT molecular complexity index is 588. The van der Waals surface area contributed by atoms with Crippen molar-refractivity contribution in [3.05, 3.63) is 35.2 Å². The van der Waals surface area contributed by atoms with Gasteiger partial charge in [0.15, 0.2) is 0 Å². The number of alkyl halides is 3. The van der Waals surface area contributed by atoms with Gasteiger partial charge in [-0.25, -0.2) is 15.0 Å². The molecule has 0 aliphatic heterocycles. The van der Waals surface area contributed by atoms with E-state index < -0.39 is 12.0 Å². The molecule has 2 heterocycles. The van der Waals surface area contributed by atoms with Crippen molar-refractivity contribution in [2.75, 3.05) is 5.73 Å². The summed E-state index contributed by atoms with van der Waals surface area (Å²) in [6.07, 6.45) is -3.25. The lowest BCUT2D eigenvalue weighted by atomic mass is 10.5. The Labute approximate surface area is 115 Å². The number of anilines is 1. The van der Waals surface area contributed by atoms with Crippen molar-refractivity contribution in [3.8, 4) is 0 Å². The number of nitrogens with two attached hydrogens (primary N) is 1. The van der Waals surface area contributed by atoms with Gasteiger partial charge in [-0.05, 0) is 23.9 Å². The van der Waals surface area contributed by atoms with E-state index in [9.17, 15) is 13.2 Å². The molecule has 2 aromatic heterocycles. The standard InChI is InChI=1S/C10H6ClF3N4S/c11-5-1-2-7(16-4-5)19-8-3-6(15)17-9(18-8)10(12,13)14/h1-4H,(H2,15,17,18). The molecule has 0 amide bonds. The van der Waals surface area contributed by atoms with Crippen LogP contribution in [0.25, 0.3) is 0 Å². The van der Waals surface area contributed by atoms with E-state index in [2.05, 4.69) is 15.0 Å². The van der Waals surface area contributed by atoms with Crippen molar-refractivity contribution in [1.82, 2.24) is 15.0 Å². The molecule has 0 fully saturated rings. The van der Waals surface area contributed by atoms with E-state index >= 15 is 0 Å². The van der Waals surface area contributed by atoms with Crippen LogP contribution in [0.1, 0.15) is 5.82 Å². The number of pyridine rings is 1. The first-order chi connectivity index (χ1) is 8.84. The molecule has 0 aliphatic rings. The highest BCUT2D eigenvalue weighted by atomic mass is 35.5. The maximum Gasteiger partial charge on any atom is 0.451 e. The van der Waals surface area contributed by atoms with Crippen molar-refractivity contribution in [3.63, 3.8) is 0 Å². The number of hydrogen-bond acceptors (Lipinski definition) is 5. The van der Waals surface area contributed by atoms with Gasteiger partial charge in [-0.1, -0.05) is 11.6 Å². The summed E-state index contributed by atoms with van der Waals surface area (Å²) in [7, 11) is 0. The van der Waals surface area contributed by atoms with E-state index in [4.69, 9.17) is 17.3 Å². The fourth-order valence-corrected chi connectivity index (χ4v) is 2.03. The van der Waals surface area contributed by atoms with Gasteiger partial charge in [0.1, 0.15) is 15.9 Å². The van der Waals surface area contributed by atoms with E-state index in [1.165, 1.54) is 12.3 Å². The lowest BCUT2D eigenvalue weighted by Crippen LogP contribution is -2.12. The molecule has 9 heteroatoms. The third kappa shape index (κ3) is 3.71. The zero-order valence-electron chi connectivity index (χ0n) is 9.15. The Morgan fingerprint density at radius 3 is 2.47 bits per heavy atom. The van der Waals surface area contributed by atoms with Crippen LogP contribution in [-0.4, -0.2) is 15.0 Å². The van der Waals surface area contributed by atoms with Crippen LogP contribution in [0.3, 0.4) is 0 Å². The lowest BCUT2D eigenvalue weighted by Gasteiger charge is -2.07. The van der Waals surface area contributed by atoms with E-state index in [-0.39, 0.29) is 10.8 Å². The summed E-state index contributed by atoms with van der Waals surface area (Å²) < 4.78 is 37.6. The molecule has 0 spiro atoms. The fraction of sp³-hybridized carbons (Fsp3) is 0.100. The van der Waals surface area contributed by atoms with Crippen LogP contribution in [0.4, 0.5) is 19.0 Å². The van der Waals surface area contributed by atoms with E-state index in [1.54, 1.807) is 12.1 Å². The third-order valence-corrected chi connectivity index (χ3v) is 2.98. The number of nitrogens with zero attached hydrogens (tertiary/aromatic N) is 3. The molecule has 0 aliphatic carbocycles. The highest BCUT2D eigenvalue weighted by Gasteiger charge is 2.35. The fourth-order valence-electron chi connectivity index (χ4n) is 1.15. The summed E-state index contributed by atoms with van der Waals surface area (Å²) in [6, 6.07) is 4.39. The molecule has 0 saturated carbocycles. The second kappa shape index (κ2) is 5.22. The van der Waals surface area contributed by atoms with Gasteiger partial charge in [0.2, 0.25) is 5.82 Å². The minimum atomic E-state index is -4.64. The lowest BCUT2D eigenvalue weighted by molar-refractivity contribution is -0.145. The molecule has 0 saturated heterocycles. The highest BCUT2D eigenvalue weighted by Crippen LogP contribution is 2.31. The van der Waals surface area contributed by atoms with Crippen molar-refractivity contribution in [1.29, 1.82) is 0 Å². The molecule has 0 atom stereocenters. The SMILES string of the molecule is Nc1cc(Sc2ccc(Cl)cn2)nc(C(F)(F)F)n1. The minimum absolute atomic E-state index is 0.0645. The van der Waals surface area contributed by atoms with Gasteiger partial charge in [-0.2, -0.15) is 13.2 Å². The first kappa shape index (κ1) is 13.9. The first-order valence-electron chi connectivity index (χ1n) is 4.86. The molecule has 2 aromatic rings. The molecule has 0 unspecified atom stereocenters. The Morgan fingerprint density at radius 2 is 1.89 bits per heavy atom. The Kier molecular flexibility index (Phi) is 3.81. The monoisotopic (exact) mass is 306 g/mol. The van der Waals surface area contributed by atoms with Gasteiger partial charge < -0.3 is 5.73 Å². The number of nitrogen functional groups attached to an aromatic ring is 1. The average Bonchev–Trinajstić information content (AvgIpc) is 2.30. The van der Waals surface area contributed by atoms with Gasteiger partial charge in [0, 0.05) is 12.3 Å². The molecule has 0 bridgehead atoms. The summed E-state index contributed by atoms with van der Waals surface area (Å²) in [6.45, 7) is 0. The molecule has 100 valence electrons. The molecule has 19 heavy (non-hydrogen) atoms. The van der Waals surface area contributed by atoms with E-state index in [0.717, 1.165) is 11.8 Å². The van der Waals surface area contributed by atoms with Gasteiger partial charge in [-0.15, -0.1) is 0 Å². The van der Waals surface area contributed by atoms with Crippen LogP contribution >= 0.6 is 23.4 Å². The Morgan fingerprint density at radius 1 is 1.16 bits per heavy atom. The van der Waals surface area contributed by atoms with Gasteiger partial charge in [0.05, 0.1) is 5.02 Å². The van der Waals surface area contributed by atoms with Gasteiger partial charge in [-0.3, -0.25) is 0 Å². The maximum atomic E-state index is 12.5. The molecule has 2 rings (SSSR count). The topological polar surface area (TPSA) is 64.7 Å². The average molecular weight is 307 g/mol. The predicted molar refractivity (Wildman–Crippen MR) is 64.8 cm³/mol. The molecule has 0 radical (unpaired) electrons. The number of rotatable bonds is 2.